The van der Waals surface area contributed by atoms with Crippen LogP contribution in [0.3, 0.4) is 0 Å². The Hall–Kier alpha value is -1.27. The number of carbonyl (C=O) groups excluding carboxylic acids is 1. The highest BCUT2D eigenvalue weighted by Crippen LogP contribution is 2.79. The van der Waals surface area contributed by atoms with Gasteiger partial charge < -0.3 is 5.32 Å². The van der Waals surface area contributed by atoms with Crippen LogP contribution < -0.4 is 5.32 Å². The number of hydrogen-bond donors (Lipinski definition) is 1. The van der Waals surface area contributed by atoms with Gasteiger partial charge in [0, 0.05) is 22.5 Å². The van der Waals surface area contributed by atoms with Gasteiger partial charge in [0.05, 0.1) is 16.4 Å². The number of fused-ring (bicyclic) bond motifs is 1. The van der Waals surface area contributed by atoms with Gasteiger partial charge >= 0.3 is 0 Å². The monoisotopic (exact) mass is 386 g/mol. The molecule has 0 aliphatic heterocycles. The first-order chi connectivity index (χ1) is 10.3. The Balaban J connectivity index is 1.55. The number of pyridine rings is 1. The number of aromatic nitrogens is 1. The molecule has 2 fully saturated rings. The fraction of sp³-hybridized carbons (Fsp3) is 0.333. The maximum absolute atomic E-state index is 13.2. The van der Waals surface area contributed by atoms with Gasteiger partial charge in [0.1, 0.15) is 5.82 Å². The third-order valence-corrected chi connectivity index (χ3v) is 5.74. The number of nitrogens with zero attached hydrogens (tertiary/aromatic N) is 1. The minimum absolute atomic E-state index is 0.172. The van der Waals surface area contributed by atoms with Gasteiger partial charge in [-0.1, -0.05) is 11.6 Å². The Bertz CT molecular complexity index is 829. The maximum Gasteiger partial charge on any atom is 0.255 e. The standard InChI is InChI=1S/C15H10BrClF2N2O/c16-10-1-7-3-12(20-5-8(7)2-11(10)17)21-13(22)9-4-14(9)6-15(14,18)19/h1-3,5,9H,4,6H2,(H,20,21,22)/t9-,14-/m0/s1. The first-order valence-corrected chi connectivity index (χ1v) is 7.93. The van der Waals surface area contributed by atoms with Gasteiger partial charge in [-0.25, -0.2) is 13.8 Å². The van der Waals surface area contributed by atoms with Crippen molar-refractivity contribution in [1.82, 2.24) is 4.98 Å². The Morgan fingerprint density at radius 1 is 1.36 bits per heavy atom. The second kappa shape index (κ2) is 4.38. The smallest absolute Gasteiger partial charge is 0.255 e. The molecule has 1 aromatic heterocycles. The number of benzene rings is 1. The van der Waals surface area contributed by atoms with Gasteiger partial charge in [-0.3, -0.25) is 4.79 Å². The van der Waals surface area contributed by atoms with Gasteiger partial charge in [0.15, 0.2) is 0 Å². The molecule has 7 heteroatoms. The van der Waals surface area contributed by atoms with Crippen molar-refractivity contribution in [3.05, 3.63) is 33.9 Å². The van der Waals surface area contributed by atoms with Crippen molar-refractivity contribution in [1.29, 1.82) is 0 Å². The molecule has 4 rings (SSSR count). The van der Waals surface area contributed by atoms with Gasteiger partial charge in [0.25, 0.3) is 5.92 Å². The van der Waals surface area contributed by atoms with Crippen LogP contribution in [0.1, 0.15) is 12.8 Å². The highest BCUT2D eigenvalue weighted by Gasteiger charge is 2.85. The topological polar surface area (TPSA) is 42.0 Å². The van der Waals surface area contributed by atoms with Crippen molar-refractivity contribution in [2.75, 3.05) is 5.32 Å². The van der Waals surface area contributed by atoms with Crippen LogP contribution in [0.4, 0.5) is 14.6 Å². The van der Waals surface area contributed by atoms with Crippen LogP contribution in [0.5, 0.6) is 0 Å². The highest BCUT2D eigenvalue weighted by atomic mass is 79.9. The lowest BCUT2D eigenvalue weighted by Crippen LogP contribution is -2.17. The number of rotatable bonds is 2. The second-order valence-corrected chi connectivity index (χ2v) is 7.23. The van der Waals surface area contributed by atoms with Crippen LogP contribution in [-0.4, -0.2) is 16.8 Å². The summed E-state index contributed by atoms with van der Waals surface area (Å²) in [5.74, 6) is -3.29. The van der Waals surface area contributed by atoms with Crippen LogP contribution in [0.25, 0.3) is 10.8 Å². The van der Waals surface area contributed by atoms with Gasteiger partial charge in [-0.2, -0.15) is 0 Å². The third kappa shape index (κ3) is 2.04. The van der Waals surface area contributed by atoms with Crippen molar-refractivity contribution in [3.8, 4) is 0 Å². The summed E-state index contributed by atoms with van der Waals surface area (Å²) in [7, 11) is 0. The molecule has 3 nitrogen and oxygen atoms in total. The fourth-order valence-corrected chi connectivity index (χ4v) is 3.55. The Labute approximate surface area is 138 Å². The molecule has 0 saturated heterocycles. The van der Waals surface area contributed by atoms with E-state index >= 15 is 0 Å². The molecule has 0 radical (unpaired) electrons. The summed E-state index contributed by atoms with van der Waals surface area (Å²) in [6, 6.07) is 5.29. The molecule has 1 aromatic carbocycles. The molecule has 114 valence electrons. The van der Waals surface area contributed by atoms with E-state index in [0.29, 0.717) is 10.8 Å². The molecule has 0 unspecified atom stereocenters. The predicted molar refractivity (Wildman–Crippen MR) is 83.2 cm³/mol. The van der Waals surface area contributed by atoms with E-state index in [4.69, 9.17) is 11.6 Å². The number of nitrogens with one attached hydrogen (secondary N) is 1. The molecule has 22 heavy (non-hydrogen) atoms. The number of hydrogen-bond acceptors (Lipinski definition) is 2. The van der Waals surface area contributed by atoms with Crippen molar-refractivity contribution in [3.63, 3.8) is 0 Å². The van der Waals surface area contributed by atoms with E-state index in [-0.39, 0.29) is 18.7 Å². The number of alkyl halides is 2. The van der Waals surface area contributed by atoms with E-state index in [1.165, 1.54) is 0 Å². The lowest BCUT2D eigenvalue weighted by atomic mass is 10.2. The van der Waals surface area contributed by atoms with Crippen molar-refractivity contribution >= 4 is 50.0 Å². The normalized spacial score (nSPS) is 27.9. The van der Waals surface area contributed by atoms with Crippen LogP contribution >= 0.6 is 27.5 Å². The molecule has 2 aliphatic rings. The first-order valence-electron chi connectivity index (χ1n) is 6.76. The molecule has 2 aliphatic carbocycles. The first kappa shape index (κ1) is 14.3. The van der Waals surface area contributed by atoms with E-state index in [1.54, 1.807) is 18.3 Å². The van der Waals surface area contributed by atoms with Crippen LogP contribution in [0, 0.1) is 11.3 Å². The molecule has 0 bridgehead atoms. The molecular formula is C15H10BrClF2N2O. The van der Waals surface area contributed by atoms with Crippen molar-refractivity contribution in [2.24, 2.45) is 11.3 Å². The number of carbonyl (C=O) groups is 1. The molecule has 2 atom stereocenters. The quantitative estimate of drug-likeness (QED) is 0.816. The van der Waals surface area contributed by atoms with E-state index in [0.717, 1.165) is 15.2 Å². The summed E-state index contributed by atoms with van der Waals surface area (Å²) in [4.78, 5) is 16.2. The average Bonchev–Trinajstić information content (AvgIpc) is 3.28. The lowest BCUT2D eigenvalue weighted by Gasteiger charge is -2.06. The summed E-state index contributed by atoms with van der Waals surface area (Å²) in [6.07, 6.45) is 1.69. The number of anilines is 1. The SMILES string of the molecule is O=C(Nc1cc2cc(Br)c(Cl)cc2cn1)[C@@H]1C[C@]12CC2(F)F. The van der Waals surface area contributed by atoms with Crippen LogP contribution in [0.2, 0.25) is 5.02 Å². The molecule has 2 saturated carbocycles. The van der Waals surface area contributed by atoms with Crippen molar-refractivity contribution < 1.29 is 13.6 Å². The number of amides is 1. The van der Waals surface area contributed by atoms with E-state index in [9.17, 15) is 13.6 Å². The summed E-state index contributed by atoms with van der Waals surface area (Å²) < 4.78 is 27.1. The summed E-state index contributed by atoms with van der Waals surface area (Å²) >= 11 is 9.35. The van der Waals surface area contributed by atoms with Gasteiger partial charge in [-0.05, 0) is 45.9 Å². The molecule has 1 heterocycles. The molecule has 2 aromatic rings. The molecule has 1 amide bonds. The van der Waals surface area contributed by atoms with Gasteiger partial charge in [-0.15, -0.1) is 0 Å². The third-order valence-electron chi connectivity index (χ3n) is 4.54. The lowest BCUT2D eigenvalue weighted by molar-refractivity contribution is -0.118. The highest BCUT2D eigenvalue weighted by molar-refractivity contribution is 9.10. The molecule has 1 spiro atoms. The summed E-state index contributed by atoms with van der Waals surface area (Å²) in [5.41, 5.74) is -1.06. The van der Waals surface area contributed by atoms with E-state index in [1.807, 2.05) is 6.07 Å². The largest absolute Gasteiger partial charge is 0.310 e. The number of halogens is 4. The van der Waals surface area contributed by atoms with Gasteiger partial charge in [0.2, 0.25) is 5.91 Å². The minimum Gasteiger partial charge on any atom is -0.310 e. The minimum atomic E-state index is -2.67. The fourth-order valence-electron chi connectivity index (χ4n) is 3.02. The zero-order valence-corrected chi connectivity index (χ0v) is 13.5. The predicted octanol–water partition coefficient (Wildman–Crippen LogP) is 4.63. The second-order valence-electron chi connectivity index (χ2n) is 5.97. The summed E-state index contributed by atoms with van der Waals surface area (Å²) in [5, 5.41) is 4.89. The Morgan fingerprint density at radius 2 is 2.09 bits per heavy atom. The van der Waals surface area contributed by atoms with Crippen LogP contribution in [-0.2, 0) is 4.79 Å². The maximum atomic E-state index is 13.2. The van der Waals surface area contributed by atoms with Crippen LogP contribution in [0.15, 0.2) is 28.9 Å². The van der Waals surface area contributed by atoms with E-state index < -0.39 is 17.3 Å². The zero-order valence-electron chi connectivity index (χ0n) is 11.2. The molecular weight excluding hydrogens is 378 g/mol. The zero-order chi connectivity index (χ0) is 15.7. The van der Waals surface area contributed by atoms with Crippen molar-refractivity contribution in [2.45, 2.75) is 18.8 Å². The Kier molecular flexibility index (Phi) is 2.86. The van der Waals surface area contributed by atoms with E-state index in [2.05, 4.69) is 26.2 Å². The molecule has 1 N–H and O–H groups in total. The summed E-state index contributed by atoms with van der Waals surface area (Å²) in [6.45, 7) is 0. The Morgan fingerprint density at radius 3 is 2.73 bits per heavy atom. The average molecular weight is 388 g/mol.